The summed E-state index contributed by atoms with van der Waals surface area (Å²) in [5, 5.41) is 11.5. The lowest BCUT2D eigenvalue weighted by Crippen LogP contribution is -2.37. The van der Waals surface area contributed by atoms with Gasteiger partial charge in [0.05, 0.1) is 12.6 Å². The van der Waals surface area contributed by atoms with Crippen LogP contribution in [0.2, 0.25) is 0 Å². The van der Waals surface area contributed by atoms with Crippen LogP contribution in [-0.2, 0) is 6.54 Å². The lowest BCUT2D eigenvalue weighted by Gasteiger charge is -2.26. The molecule has 130 valence electrons. The van der Waals surface area contributed by atoms with E-state index < -0.39 is 0 Å². The van der Waals surface area contributed by atoms with E-state index in [-0.39, 0.29) is 30.0 Å². The Hall–Kier alpha value is -2.36. The molecular formula is C17H19IN6O. The molecule has 0 bridgehead atoms. The molecule has 8 heteroatoms. The van der Waals surface area contributed by atoms with E-state index in [1.165, 1.54) is 0 Å². The van der Waals surface area contributed by atoms with Gasteiger partial charge < -0.3 is 15.8 Å². The number of fused-ring (bicyclic) bond motifs is 2. The number of nitrogens with one attached hydrogen (secondary N) is 1. The highest BCUT2D eigenvalue weighted by atomic mass is 127. The molecular weight excluding hydrogens is 431 g/mol. The van der Waals surface area contributed by atoms with Gasteiger partial charge in [-0.3, -0.25) is 4.40 Å². The molecule has 1 unspecified atom stereocenters. The zero-order valence-corrected chi connectivity index (χ0v) is 15.8. The number of nitrogens with zero attached hydrogens (tertiary/aromatic N) is 4. The Labute approximate surface area is 162 Å². The van der Waals surface area contributed by atoms with Gasteiger partial charge in [0.15, 0.2) is 17.4 Å². The average Bonchev–Trinajstić information content (AvgIpc) is 3.04. The Morgan fingerprint density at radius 2 is 2.08 bits per heavy atom. The average molecular weight is 450 g/mol. The topological polar surface area (TPSA) is 89.8 Å². The number of benzene rings is 1. The van der Waals surface area contributed by atoms with E-state index in [1.807, 2.05) is 53.1 Å². The molecule has 25 heavy (non-hydrogen) atoms. The fourth-order valence-corrected chi connectivity index (χ4v) is 2.87. The summed E-state index contributed by atoms with van der Waals surface area (Å²) in [7, 11) is 0. The van der Waals surface area contributed by atoms with Crippen molar-refractivity contribution in [3.63, 3.8) is 0 Å². The van der Waals surface area contributed by atoms with Crippen molar-refractivity contribution in [2.75, 3.05) is 6.61 Å². The molecule has 0 saturated carbocycles. The van der Waals surface area contributed by atoms with E-state index in [9.17, 15) is 0 Å². The van der Waals surface area contributed by atoms with Crippen LogP contribution in [-0.4, -0.2) is 27.2 Å². The molecule has 0 aliphatic carbocycles. The fourth-order valence-electron chi connectivity index (χ4n) is 2.87. The van der Waals surface area contributed by atoms with Crippen LogP contribution in [0.3, 0.4) is 0 Å². The van der Waals surface area contributed by atoms with Crippen molar-refractivity contribution in [3.05, 3.63) is 60.0 Å². The third-order valence-corrected chi connectivity index (χ3v) is 4.06. The maximum absolute atomic E-state index is 6.06. The number of nitrogens with two attached hydrogens (primary N) is 1. The number of ether oxygens (including phenoxy) is 1. The van der Waals surface area contributed by atoms with Crippen molar-refractivity contribution in [1.82, 2.24) is 19.9 Å². The molecule has 1 aliphatic rings. The number of pyridine rings is 1. The predicted octanol–water partition coefficient (Wildman–Crippen LogP) is 2.28. The van der Waals surface area contributed by atoms with Crippen LogP contribution < -0.4 is 15.8 Å². The zero-order valence-electron chi connectivity index (χ0n) is 13.5. The smallest absolute Gasteiger partial charge is 0.189 e. The highest BCUT2D eigenvalue weighted by molar-refractivity contribution is 14.0. The van der Waals surface area contributed by atoms with Gasteiger partial charge in [0.25, 0.3) is 0 Å². The Balaban J connectivity index is 0.00000182. The first-order chi connectivity index (χ1) is 11.8. The molecule has 4 rings (SSSR count). The van der Waals surface area contributed by atoms with Crippen molar-refractivity contribution in [2.45, 2.75) is 19.0 Å². The number of aromatic nitrogens is 3. The zero-order chi connectivity index (χ0) is 16.4. The molecule has 7 nitrogen and oxygen atoms in total. The molecule has 0 spiro atoms. The molecule has 1 aromatic carbocycles. The van der Waals surface area contributed by atoms with E-state index in [2.05, 4.69) is 20.5 Å². The summed E-state index contributed by atoms with van der Waals surface area (Å²) in [6.45, 7) is 1.03. The minimum absolute atomic E-state index is 0. The first-order valence-electron chi connectivity index (χ1n) is 7.88. The van der Waals surface area contributed by atoms with Crippen LogP contribution in [0.1, 0.15) is 23.9 Å². The summed E-state index contributed by atoms with van der Waals surface area (Å²) < 4.78 is 7.56. The number of rotatable bonds is 3. The molecule has 0 saturated heterocycles. The first kappa shape index (κ1) is 17.5. The summed E-state index contributed by atoms with van der Waals surface area (Å²) in [6, 6.07) is 13.9. The first-order valence-corrected chi connectivity index (χ1v) is 7.88. The molecule has 3 N–H and O–H groups in total. The van der Waals surface area contributed by atoms with Gasteiger partial charge in [0.1, 0.15) is 12.3 Å². The number of guanidine groups is 1. The minimum atomic E-state index is 0. The molecule has 3 heterocycles. The van der Waals surface area contributed by atoms with Gasteiger partial charge in [-0.1, -0.05) is 24.3 Å². The number of para-hydroxylation sites is 1. The maximum atomic E-state index is 6.06. The molecule has 0 radical (unpaired) electrons. The molecule has 1 aliphatic heterocycles. The molecule has 1 atom stereocenters. The molecule has 0 fully saturated rings. The van der Waals surface area contributed by atoms with Gasteiger partial charge in [0, 0.05) is 18.2 Å². The minimum Gasteiger partial charge on any atom is -0.493 e. The standard InChI is InChI=1S/C17H18N6O.HI/c18-17(19-11-16-22-21-15-7-3-4-9-23(15)16)20-13-8-10-24-14-6-2-1-5-12(13)14;/h1-7,9,13H,8,10-11H2,(H3,18,19,20);1H. The third kappa shape index (κ3) is 3.68. The summed E-state index contributed by atoms with van der Waals surface area (Å²) >= 11 is 0. The lowest BCUT2D eigenvalue weighted by molar-refractivity contribution is 0.262. The van der Waals surface area contributed by atoms with Crippen LogP contribution in [0.15, 0.2) is 53.7 Å². The number of aliphatic imine (C=N–C) groups is 1. The van der Waals surface area contributed by atoms with Gasteiger partial charge in [0.2, 0.25) is 0 Å². The van der Waals surface area contributed by atoms with Crippen LogP contribution >= 0.6 is 24.0 Å². The second-order valence-electron chi connectivity index (χ2n) is 5.62. The van der Waals surface area contributed by atoms with Gasteiger partial charge in [-0.25, -0.2) is 4.99 Å². The van der Waals surface area contributed by atoms with Crippen molar-refractivity contribution in [3.8, 4) is 5.75 Å². The molecule has 2 aromatic heterocycles. The van der Waals surface area contributed by atoms with Crippen LogP contribution in [0.4, 0.5) is 0 Å². The van der Waals surface area contributed by atoms with E-state index in [4.69, 9.17) is 10.5 Å². The van der Waals surface area contributed by atoms with Crippen LogP contribution in [0.5, 0.6) is 5.75 Å². The van der Waals surface area contributed by atoms with Crippen molar-refractivity contribution >= 4 is 35.6 Å². The Kier molecular flexibility index (Phi) is 5.37. The second-order valence-corrected chi connectivity index (χ2v) is 5.62. The monoisotopic (exact) mass is 450 g/mol. The van der Waals surface area contributed by atoms with E-state index in [0.717, 1.165) is 29.2 Å². The Morgan fingerprint density at radius 1 is 1.24 bits per heavy atom. The van der Waals surface area contributed by atoms with Crippen molar-refractivity contribution < 1.29 is 4.74 Å². The van der Waals surface area contributed by atoms with Crippen molar-refractivity contribution in [1.29, 1.82) is 0 Å². The quantitative estimate of drug-likeness (QED) is 0.363. The van der Waals surface area contributed by atoms with E-state index in [0.29, 0.717) is 19.1 Å². The predicted molar refractivity (Wildman–Crippen MR) is 106 cm³/mol. The second kappa shape index (κ2) is 7.68. The fraction of sp³-hybridized carbons (Fsp3) is 0.235. The summed E-state index contributed by atoms with van der Waals surface area (Å²) in [6.07, 6.45) is 2.76. The molecule has 3 aromatic rings. The SMILES string of the molecule is I.NC(=NCc1nnc2ccccn12)NC1CCOc2ccccc21. The summed E-state index contributed by atoms with van der Waals surface area (Å²) in [5.41, 5.74) is 7.97. The highest BCUT2D eigenvalue weighted by Crippen LogP contribution is 2.31. The molecule has 0 amide bonds. The highest BCUT2D eigenvalue weighted by Gasteiger charge is 2.21. The van der Waals surface area contributed by atoms with Crippen molar-refractivity contribution in [2.24, 2.45) is 10.7 Å². The van der Waals surface area contributed by atoms with Gasteiger partial charge in [-0.05, 0) is 18.2 Å². The summed E-state index contributed by atoms with van der Waals surface area (Å²) in [4.78, 5) is 4.40. The summed E-state index contributed by atoms with van der Waals surface area (Å²) in [5.74, 6) is 2.05. The van der Waals surface area contributed by atoms with Crippen LogP contribution in [0, 0.1) is 0 Å². The lowest BCUT2D eigenvalue weighted by atomic mass is 10.0. The largest absolute Gasteiger partial charge is 0.493 e. The van der Waals surface area contributed by atoms with Gasteiger partial charge >= 0.3 is 0 Å². The number of halogens is 1. The Morgan fingerprint density at radius 3 is 3.00 bits per heavy atom. The van der Waals surface area contributed by atoms with E-state index in [1.54, 1.807) is 0 Å². The third-order valence-electron chi connectivity index (χ3n) is 4.06. The number of hydrogen-bond donors (Lipinski definition) is 2. The Bertz CT molecular complexity index is 893. The van der Waals surface area contributed by atoms with Crippen LogP contribution in [0.25, 0.3) is 5.65 Å². The van der Waals surface area contributed by atoms with Gasteiger partial charge in [-0.2, -0.15) is 0 Å². The van der Waals surface area contributed by atoms with E-state index >= 15 is 0 Å². The van der Waals surface area contributed by atoms with Gasteiger partial charge in [-0.15, -0.1) is 34.2 Å². The maximum Gasteiger partial charge on any atom is 0.189 e. The number of hydrogen-bond acceptors (Lipinski definition) is 4. The normalized spacial score (nSPS) is 16.6.